The van der Waals surface area contributed by atoms with E-state index in [-0.39, 0.29) is 0 Å². The zero-order valence-corrected chi connectivity index (χ0v) is 30.6. The van der Waals surface area contributed by atoms with Crippen LogP contribution in [0.2, 0.25) is 0 Å². The maximum Gasteiger partial charge on any atom is 0.0790 e. The number of aliphatic imine (C=N–C) groups is 1. The van der Waals surface area contributed by atoms with Crippen LogP contribution in [0.1, 0.15) is 18.1 Å². The van der Waals surface area contributed by atoms with E-state index in [1.54, 1.807) is 0 Å². The first-order valence-corrected chi connectivity index (χ1v) is 19.1. The molecule has 2 aromatic heterocycles. The minimum absolute atomic E-state index is 0.908. The van der Waals surface area contributed by atoms with Crippen LogP contribution in [-0.2, 0) is 0 Å². The monoisotopic (exact) mass is 706 g/mol. The highest BCUT2D eigenvalue weighted by molar-refractivity contribution is 7.25. The molecule has 2 nitrogen and oxygen atoms in total. The van der Waals surface area contributed by atoms with Gasteiger partial charge in [0, 0.05) is 63.9 Å². The topological polar surface area (TPSA) is 17.3 Å². The Morgan fingerprint density at radius 1 is 0.574 bits per heavy atom. The molecule has 3 heteroatoms. The van der Waals surface area contributed by atoms with Gasteiger partial charge in [-0.1, -0.05) is 134 Å². The number of para-hydroxylation sites is 2. The molecule has 0 aliphatic heterocycles. The molecule has 10 aromatic rings. The standard InChI is InChI=1S/C51H34N2S/c1-3-34-17-10-11-22-39(34)51(35-18-6-4-7-19-35)52-33(2)38-26-16-28-48-50(38)44-31-36(29-30-47(44)54-48)43-32-46-49(41-24-13-12-23-40(41)43)42-25-14-15-27-45(42)53(46)37-20-8-5-9-21-37/h4-32H,1H2,2H3/b51-39-,52-33+. The molecule has 0 aliphatic rings. The molecule has 8 aromatic carbocycles. The van der Waals surface area contributed by atoms with Crippen molar-refractivity contribution in [2.75, 3.05) is 0 Å². The third-order valence-electron chi connectivity index (χ3n) is 10.6. The Morgan fingerprint density at radius 2 is 1.28 bits per heavy atom. The lowest BCUT2D eigenvalue weighted by Crippen LogP contribution is -2.25. The van der Waals surface area contributed by atoms with E-state index in [0.29, 0.717) is 0 Å². The Hall–Kier alpha value is -6.77. The molecule has 0 saturated carbocycles. The lowest BCUT2D eigenvalue weighted by Gasteiger charge is -2.13. The predicted octanol–water partition coefficient (Wildman–Crippen LogP) is 12.2. The first-order chi connectivity index (χ1) is 26.7. The zero-order chi connectivity index (χ0) is 36.2. The predicted molar refractivity (Wildman–Crippen MR) is 233 cm³/mol. The van der Waals surface area contributed by atoms with E-state index in [2.05, 4.69) is 182 Å². The van der Waals surface area contributed by atoms with Crippen molar-refractivity contribution in [2.24, 2.45) is 4.99 Å². The fourth-order valence-corrected chi connectivity index (χ4v) is 9.28. The van der Waals surface area contributed by atoms with Crippen LogP contribution >= 0.6 is 11.3 Å². The first-order valence-electron chi connectivity index (χ1n) is 18.2. The fourth-order valence-electron chi connectivity index (χ4n) is 8.17. The smallest absolute Gasteiger partial charge is 0.0790 e. The fraction of sp³-hybridized carbons (Fsp3) is 0.0196. The molecule has 0 N–H and O–H groups in total. The van der Waals surface area contributed by atoms with E-state index in [1.807, 2.05) is 29.5 Å². The summed E-state index contributed by atoms with van der Waals surface area (Å²) in [6.45, 7) is 6.12. The van der Waals surface area contributed by atoms with Crippen molar-refractivity contribution < 1.29 is 0 Å². The van der Waals surface area contributed by atoms with E-state index < -0.39 is 0 Å². The summed E-state index contributed by atoms with van der Waals surface area (Å²) >= 11 is 1.84. The van der Waals surface area contributed by atoms with Gasteiger partial charge in [-0.15, -0.1) is 17.1 Å². The summed E-state index contributed by atoms with van der Waals surface area (Å²) in [5, 5.41) is 9.48. The molecule has 0 spiro atoms. The summed E-state index contributed by atoms with van der Waals surface area (Å²) < 4.78 is 4.93. The van der Waals surface area contributed by atoms with Gasteiger partial charge in [0.15, 0.2) is 0 Å². The number of hydrogen-bond donors (Lipinski definition) is 0. The van der Waals surface area contributed by atoms with Crippen LogP contribution in [0.3, 0.4) is 0 Å². The molecule has 0 aliphatic carbocycles. The molecule has 0 amide bonds. The molecule has 0 bridgehead atoms. The van der Waals surface area contributed by atoms with Gasteiger partial charge in [-0.05, 0) is 77.4 Å². The van der Waals surface area contributed by atoms with E-state index in [1.165, 1.54) is 63.9 Å². The number of nitrogens with zero attached hydrogens (tertiary/aromatic N) is 2. The number of fused-ring (bicyclic) bond motifs is 8. The van der Waals surface area contributed by atoms with Crippen LogP contribution in [0, 0.1) is 0 Å². The van der Waals surface area contributed by atoms with Crippen LogP contribution in [0.4, 0.5) is 0 Å². The summed E-state index contributed by atoms with van der Waals surface area (Å²) in [6, 6.07) is 63.0. The first kappa shape index (κ1) is 31.9. The summed E-state index contributed by atoms with van der Waals surface area (Å²) in [6.07, 6.45) is 0. The van der Waals surface area contributed by atoms with Crippen LogP contribution in [-0.4, -0.2) is 10.3 Å². The maximum absolute atomic E-state index is 5.41. The highest BCUT2D eigenvalue weighted by Gasteiger charge is 2.19. The van der Waals surface area contributed by atoms with Crippen molar-refractivity contribution >= 4 is 81.2 Å². The van der Waals surface area contributed by atoms with E-state index in [9.17, 15) is 0 Å². The minimum Gasteiger partial charge on any atom is -0.309 e. The van der Waals surface area contributed by atoms with E-state index in [4.69, 9.17) is 4.99 Å². The van der Waals surface area contributed by atoms with Crippen LogP contribution < -0.4 is 10.4 Å². The average molecular weight is 707 g/mol. The molecule has 54 heavy (non-hydrogen) atoms. The molecule has 0 saturated heterocycles. The summed E-state index contributed by atoms with van der Waals surface area (Å²) in [5.41, 5.74) is 13.2. The number of aromatic nitrogens is 1. The quantitative estimate of drug-likeness (QED) is 0.159. The summed E-state index contributed by atoms with van der Waals surface area (Å²) in [4.78, 5) is 5.41. The minimum atomic E-state index is 0.908. The largest absolute Gasteiger partial charge is 0.309 e. The van der Waals surface area contributed by atoms with Crippen LogP contribution in [0.5, 0.6) is 0 Å². The molecular formula is C51H34N2S. The van der Waals surface area contributed by atoms with Crippen LogP contribution in [0.15, 0.2) is 187 Å². The number of benzene rings is 8. The zero-order valence-electron chi connectivity index (χ0n) is 29.8. The number of hydrogen-bond acceptors (Lipinski definition) is 2. The maximum atomic E-state index is 5.41. The van der Waals surface area contributed by atoms with Crippen molar-refractivity contribution in [3.05, 3.63) is 204 Å². The second kappa shape index (κ2) is 13.0. The lowest BCUT2D eigenvalue weighted by molar-refractivity contribution is 1.18. The second-order valence-corrected chi connectivity index (χ2v) is 14.8. The van der Waals surface area contributed by atoms with E-state index in [0.717, 1.165) is 38.7 Å². The highest BCUT2D eigenvalue weighted by Crippen LogP contribution is 2.44. The van der Waals surface area contributed by atoms with Crippen molar-refractivity contribution in [3.63, 3.8) is 0 Å². The van der Waals surface area contributed by atoms with Gasteiger partial charge < -0.3 is 4.57 Å². The van der Waals surface area contributed by atoms with Gasteiger partial charge in [0.05, 0.1) is 16.7 Å². The molecule has 2 heterocycles. The van der Waals surface area contributed by atoms with Crippen molar-refractivity contribution in [1.82, 2.24) is 4.57 Å². The molecule has 0 unspecified atom stereocenters. The summed E-state index contributed by atoms with van der Waals surface area (Å²) in [7, 11) is 0. The molecule has 254 valence electrons. The number of thiophene rings is 1. The molecule has 10 rings (SSSR count). The van der Waals surface area contributed by atoms with Gasteiger partial charge in [0.2, 0.25) is 0 Å². The van der Waals surface area contributed by atoms with Gasteiger partial charge in [-0.25, -0.2) is 0 Å². The Balaban J connectivity index is 1.23. The molecule has 0 atom stereocenters. The van der Waals surface area contributed by atoms with Crippen LogP contribution in [0.25, 0.3) is 81.0 Å². The normalized spacial score (nSPS) is 12.6. The van der Waals surface area contributed by atoms with Gasteiger partial charge in [-0.2, -0.15) is 0 Å². The molecule has 0 radical (unpaired) electrons. The van der Waals surface area contributed by atoms with Gasteiger partial charge in [-0.3, -0.25) is 4.99 Å². The number of rotatable bonds is 5. The third kappa shape index (κ3) is 5.14. The second-order valence-electron chi connectivity index (χ2n) is 13.7. The highest BCUT2D eigenvalue weighted by atomic mass is 32.1. The lowest BCUT2D eigenvalue weighted by atomic mass is 9.93. The molecular weight excluding hydrogens is 673 g/mol. The molecule has 0 fully saturated rings. The summed E-state index contributed by atoms with van der Waals surface area (Å²) in [5.74, 6) is 0. The SMILES string of the molecule is C=C=c1cccc/c1=C(/N=C(\C)c1cccc2sc3ccc(-c4cc5c(c6ccccc46)c4ccccc4n5-c4ccccc4)cc3c12)c1ccccc1. The van der Waals surface area contributed by atoms with Crippen molar-refractivity contribution in [1.29, 1.82) is 0 Å². The Kier molecular flexibility index (Phi) is 7.70. The van der Waals surface area contributed by atoms with Gasteiger partial charge in [0.1, 0.15) is 0 Å². The van der Waals surface area contributed by atoms with E-state index >= 15 is 0 Å². The Bertz CT molecular complexity index is 3270. The Morgan fingerprint density at radius 3 is 2.09 bits per heavy atom. The third-order valence-corrected chi connectivity index (χ3v) is 11.7. The van der Waals surface area contributed by atoms with Crippen molar-refractivity contribution in [2.45, 2.75) is 6.92 Å². The average Bonchev–Trinajstić information content (AvgIpc) is 3.78. The van der Waals surface area contributed by atoms with Crippen molar-refractivity contribution in [3.8, 4) is 16.8 Å². The Labute approximate surface area is 317 Å². The van der Waals surface area contributed by atoms with Gasteiger partial charge in [0.25, 0.3) is 0 Å². The van der Waals surface area contributed by atoms with Gasteiger partial charge >= 0.3 is 0 Å².